The Morgan fingerprint density at radius 3 is 2.50 bits per heavy atom. The van der Waals surface area contributed by atoms with Crippen molar-refractivity contribution in [3.8, 4) is 0 Å². The lowest BCUT2D eigenvalue weighted by molar-refractivity contribution is 0.254. The summed E-state index contributed by atoms with van der Waals surface area (Å²) in [7, 11) is 3.75. The number of hydrogen-bond acceptors (Lipinski definition) is 3. The van der Waals surface area contributed by atoms with Crippen LogP contribution in [0.3, 0.4) is 0 Å². The van der Waals surface area contributed by atoms with E-state index < -0.39 is 0 Å². The molecule has 1 aliphatic rings. The van der Waals surface area contributed by atoms with Crippen molar-refractivity contribution in [2.75, 3.05) is 27.2 Å². The van der Waals surface area contributed by atoms with Gasteiger partial charge in [-0.25, -0.2) is 0 Å². The average Bonchev–Trinajstić information content (AvgIpc) is 2.07. The minimum Gasteiger partial charge on any atom is -0.363 e. The highest BCUT2D eigenvalue weighted by Crippen LogP contribution is 1.99. The summed E-state index contributed by atoms with van der Waals surface area (Å²) in [6.45, 7) is 6.43. The number of rotatable bonds is 1. The van der Waals surface area contributed by atoms with Crippen LogP contribution >= 0.6 is 0 Å². The third-order valence-electron chi connectivity index (χ3n) is 1.69. The van der Waals surface area contributed by atoms with Gasteiger partial charge >= 0.3 is 0 Å². The van der Waals surface area contributed by atoms with Gasteiger partial charge < -0.3 is 10.2 Å². The highest BCUT2D eigenvalue weighted by Gasteiger charge is 2.08. The lowest BCUT2D eigenvalue weighted by atomic mass is 10.3. The van der Waals surface area contributed by atoms with Gasteiger partial charge in [0.05, 0.1) is 6.17 Å². The van der Waals surface area contributed by atoms with E-state index in [2.05, 4.69) is 41.7 Å². The molecule has 0 amide bonds. The van der Waals surface area contributed by atoms with Gasteiger partial charge in [-0.2, -0.15) is 0 Å². The van der Waals surface area contributed by atoms with Crippen LogP contribution in [-0.2, 0) is 0 Å². The number of nitrogens with one attached hydrogen (secondary N) is 2. The molecule has 0 aromatic heterocycles. The normalized spacial score (nSPS) is 21.7. The van der Waals surface area contributed by atoms with Gasteiger partial charge in [-0.3, -0.25) is 5.32 Å². The van der Waals surface area contributed by atoms with Gasteiger partial charge in [-0.1, -0.05) is 6.08 Å². The van der Waals surface area contributed by atoms with Crippen molar-refractivity contribution in [2.24, 2.45) is 0 Å². The smallest absolute Gasteiger partial charge is 0.0763 e. The van der Waals surface area contributed by atoms with E-state index in [-0.39, 0.29) is 0 Å². The SMILES string of the molecule is CCN1C=CCNC1C.CNC. The van der Waals surface area contributed by atoms with Crippen LogP contribution < -0.4 is 10.6 Å². The molecule has 1 unspecified atom stereocenters. The molecule has 0 aromatic carbocycles. The molecule has 1 rings (SSSR count). The molecule has 0 radical (unpaired) electrons. The van der Waals surface area contributed by atoms with Crippen molar-refractivity contribution in [1.82, 2.24) is 15.5 Å². The van der Waals surface area contributed by atoms with Gasteiger partial charge in [0.25, 0.3) is 0 Å². The molecule has 0 bridgehead atoms. The van der Waals surface area contributed by atoms with E-state index in [4.69, 9.17) is 0 Å². The van der Waals surface area contributed by atoms with Crippen molar-refractivity contribution in [1.29, 1.82) is 0 Å². The highest BCUT2D eigenvalue weighted by atomic mass is 15.3. The quantitative estimate of drug-likeness (QED) is 0.605. The van der Waals surface area contributed by atoms with E-state index in [1.54, 1.807) is 0 Å². The molecule has 0 aromatic rings. The minimum atomic E-state index is 0.514. The first-order chi connectivity index (χ1) is 5.76. The van der Waals surface area contributed by atoms with Crippen molar-refractivity contribution >= 4 is 0 Å². The van der Waals surface area contributed by atoms with Crippen LogP contribution in [0, 0.1) is 0 Å². The van der Waals surface area contributed by atoms with E-state index in [1.807, 2.05) is 14.1 Å². The van der Waals surface area contributed by atoms with Crippen LogP contribution in [-0.4, -0.2) is 38.3 Å². The third kappa shape index (κ3) is 4.36. The summed E-state index contributed by atoms with van der Waals surface area (Å²) in [4.78, 5) is 2.27. The second-order valence-electron chi connectivity index (χ2n) is 2.80. The highest BCUT2D eigenvalue weighted by molar-refractivity contribution is 4.91. The van der Waals surface area contributed by atoms with Crippen LogP contribution in [0.4, 0.5) is 0 Å². The molecule has 0 fully saturated rings. The van der Waals surface area contributed by atoms with Crippen LogP contribution in [0.15, 0.2) is 12.3 Å². The van der Waals surface area contributed by atoms with Crippen molar-refractivity contribution in [3.05, 3.63) is 12.3 Å². The summed E-state index contributed by atoms with van der Waals surface area (Å²) in [6.07, 6.45) is 4.81. The average molecular weight is 171 g/mol. The van der Waals surface area contributed by atoms with Gasteiger partial charge in [0.15, 0.2) is 0 Å². The lowest BCUT2D eigenvalue weighted by Gasteiger charge is -2.30. The molecule has 3 nitrogen and oxygen atoms in total. The zero-order valence-electron chi connectivity index (χ0n) is 8.59. The summed E-state index contributed by atoms with van der Waals surface area (Å²) in [5, 5.41) is 6.07. The molecule has 3 heteroatoms. The van der Waals surface area contributed by atoms with Crippen molar-refractivity contribution in [3.63, 3.8) is 0 Å². The molecular weight excluding hydrogens is 150 g/mol. The number of nitrogens with zero attached hydrogens (tertiary/aromatic N) is 1. The van der Waals surface area contributed by atoms with Gasteiger partial charge in [0, 0.05) is 13.1 Å². The van der Waals surface area contributed by atoms with Crippen molar-refractivity contribution < 1.29 is 0 Å². The van der Waals surface area contributed by atoms with Crippen LogP contribution in [0.25, 0.3) is 0 Å². The Morgan fingerprint density at radius 2 is 2.17 bits per heavy atom. The fraction of sp³-hybridized carbons (Fsp3) is 0.778. The van der Waals surface area contributed by atoms with E-state index in [0.717, 1.165) is 13.1 Å². The second-order valence-corrected chi connectivity index (χ2v) is 2.80. The molecule has 0 saturated carbocycles. The summed E-state index contributed by atoms with van der Waals surface area (Å²) in [5.74, 6) is 0. The first-order valence-corrected chi connectivity index (χ1v) is 4.50. The predicted octanol–water partition coefficient (Wildman–Crippen LogP) is 0.607. The van der Waals surface area contributed by atoms with Crippen LogP contribution in [0.5, 0.6) is 0 Å². The molecule has 1 atom stereocenters. The summed E-state index contributed by atoms with van der Waals surface area (Å²) < 4.78 is 0. The van der Waals surface area contributed by atoms with Crippen LogP contribution in [0.1, 0.15) is 13.8 Å². The lowest BCUT2D eigenvalue weighted by Crippen LogP contribution is -2.43. The maximum absolute atomic E-state index is 3.32. The molecular formula is C9H21N3. The summed E-state index contributed by atoms with van der Waals surface area (Å²) in [5.41, 5.74) is 0. The largest absolute Gasteiger partial charge is 0.363 e. The molecule has 2 N–H and O–H groups in total. The van der Waals surface area contributed by atoms with Gasteiger partial charge in [-0.05, 0) is 34.1 Å². The Labute approximate surface area is 75.8 Å². The standard InChI is InChI=1S/C7H14N2.C2H7N/c1-3-9-6-4-5-8-7(9)2;1-3-2/h4,6-8H,3,5H2,1-2H3;3H,1-2H3. The zero-order chi connectivity index (χ0) is 9.40. The van der Waals surface area contributed by atoms with Gasteiger partial charge in [0.1, 0.15) is 0 Å². The summed E-state index contributed by atoms with van der Waals surface area (Å²) >= 11 is 0. The maximum atomic E-state index is 3.32. The fourth-order valence-corrected chi connectivity index (χ4v) is 1.05. The first-order valence-electron chi connectivity index (χ1n) is 4.50. The number of hydrogen-bond donors (Lipinski definition) is 2. The first kappa shape index (κ1) is 11.5. The third-order valence-corrected chi connectivity index (χ3v) is 1.69. The summed E-state index contributed by atoms with van der Waals surface area (Å²) in [6, 6.07) is 0. The Hall–Kier alpha value is -0.540. The van der Waals surface area contributed by atoms with Crippen molar-refractivity contribution in [2.45, 2.75) is 20.0 Å². The topological polar surface area (TPSA) is 27.3 Å². The second kappa shape index (κ2) is 7.13. The van der Waals surface area contributed by atoms with Gasteiger partial charge in [0.2, 0.25) is 0 Å². The van der Waals surface area contributed by atoms with Crippen LogP contribution in [0.2, 0.25) is 0 Å². The van der Waals surface area contributed by atoms with Gasteiger partial charge in [-0.15, -0.1) is 0 Å². The molecule has 1 aliphatic heterocycles. The molecule has 0 spiro atoms. The van der Waals surface area contributed by atoms with E-state index in [1.165, 1.54) is 0 Å². The maximum Gasteiger partial charge on any atom is 0.0763 e. The molecule has 1 heterocycles. The Morgan fingerprint density at radius 1 is 1.58 bits per heavy atom. The Balaban J connectivity index is 0.000000354. The molecule has 72 valence electrons. The van der Waals surface area contributed by atoms with E-state index >= 15 is 0 Å². The van der Waals surface area contributed by atoms with E-state index in [9.17, 15) is 0 Å². The van der Waals surface area contributed by atoms with E-state index in [0.29, 0.717) is 6.17 Å². The molecule has 0 saturated heterocycles. The Bertz CT molecular complexity index is 123. The minimum absolute atomic E-state index is 0.514. The molecule has 12 heavy (non-hydrogen) atoms. The molecule has 0 aliphatic carbocycles. The fourth-order valence-electron chi connectivity index (χ4n) is 1.05. The zero-order valence-corrected chi connectivity index (χ0v) is 8.59. The Kier molecular flexibility index (Phi) is 6.81. The monoisotopic (exact) mass is 171 g/mol. The predicted molar refractivity (Wildman–Crippen MR) is 54.0 cm³/mol.